The Morgan fingerprint density at radius 3 is 2.21 bits per heavy atom. The van der Waals surface area contributed by atoms with Gasteiger partial charge in [0.1, 0.15) is 12.4 Å². The van der Waals surface area contributed by atoms with Crippen molar-refractivity contribution in [2.75, 3.05) is 12.4 Å². The van der Waals surface area contributed by atoms with Gasteiger partial charge in [-0.2, -0.15) is 26.3 Å². The maximum absolute atomic E-state index is 13.4. The van der Waals surface area contributed by atoms with Crippen molar-refractivity contribution in [3.8, 4) is 5.75 Å². The maximum Gasteiger partial charge on any atom is 0.419 e. The van der Waals surface area contributed by atoms with Gasteiger partial charge >= 0.3 is 18.4 Å². The SMILES string of the molecule is CCc1ccc(OCc2c(NC(=O)OC)cccc2C(F)(F)F)c(C(F)(F)F)c1. The van der Waals surface area contributed by atoms with Gasteiger partial charge in [0.15, 0.2) is 0 Å². The summed E-state index contributed by atoms with van der Waals surface area (Å²) in [5, 5.41) is 2.11. The number of benzene rings is 2. The van der Waals surface area contributed by atoms with Crippen LogP contribution in [-0.2, 0) is 30.1 Å². The highest BCUT2D eigenvalue weighted by atomic mass is 19.4. The molecule has 0 radical (unpaired) electrons. The lowest BCUT2D eigenvalue weighted by atomic mass is 10.0. The van der Waals surface area contributed by atoms with Crippen molar-refractivity contribution in [3.05, 3.63) is 58.7 Å². The Morgan fingerprint density at radius 2 is 1.66 bits per heavy atom. The van der Waals surface area contributed by atoms with E-state index in [4.69, 9.17) is 4.74 Å². The number of carbonyl (C=O) groups excluding carboxylic acids is 1. The van der Waals surface area contributed by atoms with Gasteiger partial charge in [0.2, 0.25) is 0 Å². The van der Waals surface area contributed by atoms with Crippen LogP contribution in [0.2, 0.25) is 0 Å². The summed E-state index contributed by atoms with van der Waals surface area (Å²) in [5.41, 5.74) is -2.66. The van der Waals surface area contributed by atoms with Gasteiger partial charge in [-0.3, -0.25) is 5.32 Å². The maximum atomic E-state index is 13.4. The number of amides is 1. The summed E-state index contributed by atoms with van der Waals surface area (Å²) in [6, 6.07) is 6.30. The molecule has 0 aromatic heterocycles. The van der Waals surface area contributed by atoms with E-state index in [1.807, 2.05) is 0 Å². The van der Waals surface area contributed by atoms with Crippen molar-refractivity contribution in [1.29, 1.82) is 0 Å². The predicted octanol–water partition coefficient (Wildman–Crippen LogP) is 6.04. The third-order valence-electron chi connectivity index (χ3n) is 4.03. The monoisotopic (exact) mass is 421 g/mol. The third kappa shape index (κ3) is 5.55. The number of halogens is 6. The summed E-state index contributed by atoms with van der Waals surface area (Å²) >= 11 is 0. The normalized spacial score (nSPS) is 11.9. The molecule has 1 amide bonds. The lowest BCUT2D eigenvalue weighted by Gasteiger charge is -2.19. The number of rotatable bonds is 5. The van der Waals surface area contributed by atoms with Crippen molar-refractivity contribution >= 4 is 11.8 Å². The van der Waals surface area contributed by atoms with Crippen molar-refractivity contribution < 1.29 is 40.6 Å². The van der Waals surface area contributed by atoms with E-state index in [-0.39, 0.29) is 5.69 Å². The smallest absolute Gasteiger partial charge is 0.419 e. The third-order valence-corrected chi connectivity index (χ3v) is 4.03. The molecular weight excluding hydrogens is 404 g/mol. The second-order valence-electron chi connectivity index (χ2n) is 5.92. The number of hydrogen-bond acceptors (Lipinski definition) is 3. The number of alkyl halides is 6. The van der Waals surface area contributed by atoms with Gasteiger partial charge in [-0.25, -0.2) is 4.79 Å². The molecule has 0 fully saturated rings. The van der Waals surface area contributed by atoms with E-state index in [0.29, 0.717) is 12.0 Å². The van der Waals surface area contributed by atoms with Crippen molar-refractivity contribution in [2.24, 2.45) is 0 Å². The van der Waals surface area contributed by atoms with Crippen LogP contribution in [0, 0.1) is 0 Å². The van der Waals surface area contributed by atoms with Crippen LogP contribution in [0.5, 0.6) is 5.75 Å². The van der Waals surface area contributed by atoms with Crippen LogP contribution in [0.15, 0.2) is 36.4 Å². The number of aryl methyl sites for hydroxylation is 1. The summed E-state index contributed by atoms with van der Waals surface area (Å²) in [4.78, 5) is 11.4. The molecule has 2 rings (SSSR count). The second-order valence-corrected chi connectivity index (χ2v) is 5.92. The van der Waals surface area contributed by atoms with Gasteiger partial charge in [-0.1, -0.05) is 19.1 Å². The largest absolute Gasteiger partial charge is 0.488 e. The minimum atomic E-state index is -4.81. The molecule has 2 aromatic carbocycles. The molecule has 158 valence electrons. The van der Waals surface area contributed by atoms with E-state index in [1.165, 1.54) is 6.07 Å². The number of anilines is 1. The van der Waals surface area contributed by atoms with Gasteiger partial charge in [0.25, 0.3) is 0 Å². The molecule has 0 aliphatic rings. The van der Waals surface area contributed by atoms with E-state index in [1.54, 1.807) is 6.92 Å². The fraction of sp³-hybridized carbons (Fsp3) is 0.316. The van der Waals surface area contributed by atoms with Crippen LogP contribution in [0.25, 0.3) is 0 Å². The zero-order valence-electron chi connectivity index (χ0n) is 15.4. The van der Waals surface area contributed by atoms with Crippen LogP contribution in [0.3, 0.4) is 0 Å². The Morgan fingerprint density at radius 1 is 1.00 bits per heavy atom. The molecule has 10 heteroatoms. The summed E-state index contributed by atoms with van der Waals surface area (Å²) < 4.78 is 89.5. The molecule has 0 spiro atoms. The van der Waals surface area contributed by atoms with Gasteiger partial charge in [0.05, 0.1) is 23.9 Å². The molecule has 29 heavy (non-hydrogen) atoms. The first-order valence-corrected chi connectivity index (χ1v) is 8.34. The fourth-order valence-electron chi connectivity index (χ4n) is 2.58. The Bertz CT molecular complexity index is 877. The topological polar surface area (TPSA) is 47.6 Å². The lowest BCUT2D eigenvalue weighted by Crippen LogP contribution is -2.18. The van der Waals surface area contributed by atoms with E-state index in [0.717, 1.165) is 37.4 Å². The molecule has 0 heterocycles. The van der Waals surface area contributed by atoms with Crippen LogP contribution in [0.1, 0.15) is 29.2 Å². The Labute approximate surface area is 162 Å². The fourth-order valence-corrected chi connectivity index (χ4v) is 2.58. The van der Waals surface area contributed by atoms with E-state index in [9.17, 15) is 31.1 Å². The second kappa shape index (κ2) is 8.62. The Hall–Kier alpha value is -2.91. The number of carbonyl (C=O) groups is 1. The lowest BCUT2D eigenvalue weighted by molar-refractivity contribution is -0.140. The molecule has 0 bridgehead atoms. The average Bonchev–Trinajstić information content (AvgIpc) is 2.65. The number of ether oxygens (including phenoxy) is 2. The first kappa shape index (κ1) is 22.4. The van der Waals surface area contributed by atoms with Crippen LogP contribution in [-0.4, -0.2) is 13.2 Å². The molecular formula is C19H17F6NO3. The summed E-state index contributed by atoms with van der Waals surface area (Å²) in [6.07, 6.45) is -10.3. The highest BCUT2D eigenvalue weighted by molar-refractivity contribution is 5.85. The van der Waals surface area contributed by atoms with E-state index < -0.39 is 47.5 Å². The summed E-state index contributed by atoms with van der Waals surface area (Å²) in [7, 11) is 1.02. The van der Waals surface area contributed by atoms with Crippen molar-refractivity contribution in [1.82, 2.24) is 0 Å². The zero-order chi connectivity index (χ0) is 21.8. The van der Waals surface area contributed by atoms with Crippen molar-refractivity contribution in [3.63, 3.8) is 0 Å². The van der Waals surface area contributed by atoms with Gasteiger partial charge in [-0.05, 0) is 36.2 Å². The van der Waals surface area contributed by atoms with Gasteiger partial charge in [0, 0.05) is 5.56 Å². The summed E-state index contributed by atoms with van der Waals surface area (Å²) in [6.45, 7) is 0.809. The van der Waals surface area contributed by atoms with Crippen molar-refractivity contribution in [2.45, 2.75) is 32.3 Å². The number of hydrogen-bond donors (Lipinski definition) is 1. The first-order valence-electron chi connectivity index (χ1n) is 8.34. The minimum Gasteiger partial charge on any atom is -0.488 e. The Kier molecular flexibility index (Phi) is 6.66. The molecule has 1 N–H and O–H groups in total. The van der Waals surface area contributed by atoms with Gasteiger partial charge < -0.3 is 9.47 Å². The predicted molar refractivity (Wildman–Crippen MR) is 92.6 cm³/mol. The molecule has 0 unspecified atom stereocenters. The zero-order valence-corrected chi connectivity index (χ0v) is 15.4. The van der Waals surface area contributed by atoms with Crippen LogP contribution in [0.4, 0.5) is 36.8 Å². The highest BCUT2D eigenvalue weighted by Gasteiger charge is 2.36. The summed E-state index contributed by atoms with van der Waals surface area (Å²) in [5.74, 6) is -0.615. The molecule has 0 saturated heterocycles. The number of nitrogens with one attached hydrogen (secondary N) is 1. The van der Waals surface area contributed by atoms with Crippen LogP contribution < -0.4 is 10.1 Å². The quantitative estimate of drug-likeness (QED) is 0.599. The van der Waals surface area contributed by atoms with Crippen LogP contribution >= 0.6 is 0 Å². The highest BCUT2D eigenvalue weighted by Crippen LogP contribution is 2.39. The molecule has 0 aliphatic heterocycles. The standard InChI is InChI=1S/C19H17F6NO3/c1-3-11-7-8-16(14(9-11)19(23,24)25)29-10-12-13(18(20,21)22)5-4-6-15(12)26-17(27)28-2/h4-9H,3,10H2,1-2H3,(H,26,27). The molecule has 0 saturated carbocycles. The molecule has 0 aliphatic carbocycles. The minimum absolute atomic E-state index is 0.287. The van der Waals surface area contributed by atoms with Gasteiger partial charge in [-0.15, -0.1) is 0 Å². The first-order chi connectivity index (χ1) is 13.5. The van der Waals surface area contributed by atoms with E-state index >= 15 is 0 Å². The van der Waals surface area contributed by atoms with E-state index in [2.05, 4.69) is 10.1 Å². The Balaban J connectivity index is 2.45. The molecule has 2 aromatic rings. The average molecular weight is 421 g/mol. The molecule has 4 nitrogen and oxygen atoms in total. The number of methoxy groups -OCH3 is 1. The molecule has 0 atom stereocenters.